The van der Waals surface area contributed by atoms with E-state index >= 15 is 0 Å². The first-order valence-corrected chi connectivity index (χ1v) is 12.5. The third-order valence-corrected chi connectivity index (χ3v) is 6.49. The van der Waals surface area contributed by atoms with E-state index in [4.69, 9.17) is 44.6 Å². The molecule has 0 unspecified atom stereocenters. The van der Waals surface area contributed by atoms with Gasteiger partial charge in [0.2, 0.25) is 5.89 Å². The zero-order valence-electron chi connectivity index (χ0n) is 19.6. The number of morpholine rings is 1. The largest absolute Gasteiger partial charge is 0.435 e. The Kier molecular flexibility index (Phi) is 7.43. The lowest BCUT2D eigenvalue weighted by Crippen LogP contribution is -2.39. The van der Waals surface area contributed by atoms with Crippen LogP contribution in [0.3, 0.4) is 0 Å². The van der Waals surface area contributed by atoms with Gasteiger partial charge in [-0.3, -0.25) is 20.2 Å². The number of halogens is 2. The summed E-state index contributed by atoms with van der Waals surface area (Å²) in [6.45, 7) is 2.10. The van der Waals surface area contributed by atoms with E-state index in [1.807, 2.05) is 4.90 Å². The van der Waals surface area contributed by atoms with Crippen LogP contribution in [-0.4, -0.2) is 47.2 Å². The Balaban J connectivity index is 1.34. The van der Waals surface area contributed by atoms with Crippen LogP contribution in [0, 0.1) is 10.1 Å². The van der Waals surface area contributed by atoms with Gasteiger partial charge >= 0.3 is 0 Å². The Morgan fingerprint density at radius 1 is 1.11 bits per heavy atom. The molecular weight excluding hydrogens is 553 g/mol. The molecule has 4 aromatic rings. The van der Waals surface area contributed by atoms with Gasteiger partial charge in [0.05, 0.1) is 34.4 Å². The summed E-state index contributed by atoms with van der Waals surface area (Å²) in [6.07, 6.45) is 0. The maximum Gasteiger partial charge on any atom is 0.270 e. The Bertz CT molecular complexity index is 1570. The van der Waals surface area contributed by atoms with Gasteiger partial charge < -0.3 is 19.4 Å². The summed E-state index contributed by atoms with van der Waals surface area (Å²) in [5.74, 6) is -0.246. The highest BCUT2D eigenvalue weighted by molar-refractivity contribution is 7.80. The number of nitro groups is 1. The highest BCUT2D eigenvalue weighted by atomic mass is 35.5. The minimum Gasteiger partial charge on any atom is -0.435 e. The van der Waals surface area contributed by atoms with Gasteiger partial charge in [0.25, 0.3) is 11.6 Å². The molecule has 13 heteroatoms. The van der Waals surface area contributed by atoms with E-state index in [1.54, 1.807) is 42.5 Å². The van der Waals surface area contributed by atoms with Gasteiger partial charge in [-0.05, 0) is 48.6 Å². The lowest BCUT2D eigenvalue weighted by molar-refractivity contribution is -0.384. The second-order valence-electron chi connectivity index (χ2n) is 8.30. The minimum atomic E-state index is -0.575. The Morgan fingerprint density at radius 2 is 1.89 bits per heavy atom. The maximum atomic E-state index is 13.2. The summed E-state index contributed by atoms with van der Waals surface area (Å²) >= 11 is 17.6. The molecule has 0 atom stereocenters. The molecule has 194 valence electrons. The van der Waals surface area contributed by atoms with Crippen molar-refractivity contribution < 1.29 is 18.9 Å². The quantitative estimate of drug-likeness (QED) is 0.177. The van der Waals surface area contributed by atoms with Crippen molar-refractivity contribution in [1.82, 2.24) is 10.3 Å². The SMILES string of the molecule is O=C(NC(=S)Nc1cccc(-c2nc3cc(Cl)cc(Cl)c3o2)c1)c1cc([N+](=O)[O-])ccc1N1CCOCC1. The Labute approximate surface area is 231 Å². The summed E-state index contributed by atoms with van der Waals surface area (Å²) in [5.41, 5.74) is 2.65. The first-order valence-electron chi connectivity index (χ1n) is 11.4. The monoisotopic (exact) mass is 571 g/mol. The van der Waals surface area contributed by atoms with Crippen LogP contribution in [0.15, 0.2) is 59.0 Å². The molecular formula is C25H19Cl2N5O5S. The van der Waals surface area contributed by atoms with Crippen LogP contribution in [0.4, 0.5) is 17.1 Å². The zero-order valence-corrected chi connectivity index (χ0v) is 21.9. The average Bonchev–Trinajstić information content (AvgIpc) is 3.33. The molecule has 0 bridgehead atoms. The average molecular weight is 572 g/mol. The number of thiocarbonyl (C=S) groups is 1. The third kappa shape index (κ3) is 5.55. The van der Waals surface area contributed by atoms with Crippen LogP contribution in [0.2, 0.25) is 10.0 Å². The predicted octanol–water partition coefficient (Wildman–Crippen LogP) is 5.67. The van der Waals surface area contributed by atoms with E-state index in [2.05, 4.69) is 15.6 Å². The van der Waals surface area contributed by atoms with E-state index in [0.29, 0.717) is 70.3 Å². The van der Waals surface area contributed by atoms with Crippen molar-refractivity contribution in [2.24, 2.45) is 0 Å². The number of fused-ring (bicyclic) bond motifs is 1. The first-order chi connectivity index (χ1) is 18.3. The summed E-state index contributed by atoms with van der Waals surface area (Å²) in [5, 5.41) is 17.7. The molecule has 0 saturated carbocycles. The first kappa shape index (κ1) is 25.9. The highest BCUT2D eigenvalue weighted by Crippen LogP contribution is 2.32. The van der Waals surface area contributed by atoms with E-state index < -0.39 is 10.8 Å². The van der Waals surface area contributed by atoms with Crippen molar-refractivity contribution in [2.75, 3.05) is 36.5 Å². The molecule has 1 aliphatic rings. The number of hydrogen-bond donors (Lipinski definition) is 2. The van der Waals surface area contributed by atoms with Crippen LogP contribution in [0.5, 0.6) is 0 Å². The molecule has 0 aliphatic carbocycles. The summed E-state index contributed by atoms with van der Waals surface area (Å²) in [7, 11) is 0. The topological polar surface area (TPSA) is 123 Å². The molecule has 1 aliphatic heterocycles. The van der Waals surface area contributed by atoms with Crippen LogP contribution in [-0.2, 0) is 4.74 Å². The number of non-ortho nitro benzene ring substituents is 1. The number of nitro benzene ring substituents is 1. The zero-order chi connectivity index (χ0) is 26.8. The Hall–Kier alpha value is -3.77. The second kappa shape index (κ2) is 10.9. The number of hydrogen-bond acceptors (Lipinski definition) is 8. The lowest BCUT2D eigenvalue weighted by atomic mass is 10.1. The summed E-state index contributed by atoms with van der Waals surface area (Å²) in [6, 6.07) is 14.5. The molecule has 1 aromatic heterocycles. The van der Waals surface area contributed by atoms with Gasteiger partial charge in [0, 0.05) is 41.5 Å². The number of ether oxygens (including phenoxy) is 1. The van der Waals surface area contributed by atoms with Crippen molar-refractivity contribution in [2.45, 2.75) is 0 Å². The van der Waals surface area contributed by atoms with Crippen molar-refractivity contribution in [3.05, 3.63) is 80.3 Å². The number of amides is 1. The van der Waals surface area contributed by atoms with Crippen LogP contribution >= 0.6 is 35.4 Å². The fraction of sp³-hybridized carbons (Fsp3) is 0.160. The number of nitrogens with zero attached hydrogens (tertiary/aromatic N) is 3. The molecule has 2 heterocycles. The van der Waals surface area contributed by atoms with Crippen LogP contribution < -0.4 is 15.5 Å². The fourth-order valence-corrected chi connectivity index (χ4v) is 4.78. The van der Waals surface area contributed by atoms with Crippen molar-refractivity contribution in [3.8, 4) is 11.5 Å². The Morgan fingerprint density at radius 3 is 2.66 bits per heavy atom. The fourth-order valence-electron chi connectivity index (χ4n) is 4.05. The molecule has 38 heavy (non-hydrogen) atoms. The maximum absolute atomic E-state index is 13.2. The van der Waals surface area contributed by atoms with Crippen molar-refractivity contribution >= 4 is 74.6 Å². The smallest absolute Gasteiger partial charge is 0.270 e. The molecule has 3 aromatic carbocycles. The van der Waals surface area contributed by atoms with E-state index in [1.165, 1.54) is 12.1 Å². The van der Waals surface area contributed by atoms with E-state index in [9.17, 15) is 14.9 Å². The summed E-state index contributed by atoms with van der Waals surface area (Å²) in [4.78, 5) is 30.4. The molecule has 1 fully saturated rings. The predicted molar refractivity (Wildman–Crippen MR) is 149 cm³/mol. The number of aromatic nitrogens is 1. The number of nitrogens with one attached hydrogen (secondary N) is 2. The number of carbonyl (C=O) groups is 1. The number of rotatable bonds is 5. The lowest BCUT2D eigenvalue weighted by Gasteiger charge is -2.30. The van der Waals surface area contributed by atoms with Gasteiger partial charge in [-0.1, -0.05) is 29.3 Å². The standard InChI is InChI=1S/C25H19Cl2N5O5S/c26-15-11-19(27)22-20(12-15)29-24(37-22)14-2-1-3-16(10-14)28-25(38)30-23(33)18-13-17(32(34)35)4-5-21(18)31-6-8-36-9-7-31/h1-5,10-13H,6-9H2,(H2,28,30,33,38). The minimum absolute atomic E-state index is 0.0129. The van der Waals surface area contributed by atoms with E-state index in [-0.39, 0.29) is 16.4 Å². The van der Waals surface area contributed by atoms with Gasteiger partial charge in [-0.2, -0.15) is 0 Å². The highest BCUT2D eigenvalue weighted by Gasteiger charge is 2.23. The van der Waals surface area contributed by atoms with Crippen molar-refractivity contribution in [3.63, 3.8) is 0 Å². The van der Waals surface area contributed by atoms with Gasteiger partial charge in [0.15, 0.2) is 10.7 Å². The van der Waals surface area contributed by atoms with Gasteiger partial charge in [0.1, 0.15) is 5.52 Å². The number of oxazole rings is 1. The molecule has 10 nitrogen and oxygen atoms in total. The van der Waals surface area contributed by atoms with E-state index in [0.717, 1.165) is 0 Å². The molecule has 1 saturated heterocycles. The second-order valence-corrected chi connectivity index (χ2v) is 9.55. The van der Waals surface area contributed by atoms with Crippen LogP contribution in [0.25, 0.3) is 22.6 Å². The van der Waals surface area contributed by atoms with Crippen LogP contribution in [0.1, 0.15) is 10.4 Å². The van der Waals surface area contributed by atoms with Gasteiger partial charge in [-0.25, -0.2) is 4.98 Å². The number of carbonyl (C=O) groups excluding carboxylic acids is 1. The normalized spacial score (nSPS) is 13.4. The summed E-state index contributed by atoms with van der Waals surface area (Å²) < 4.78 is 11.2. The number of anilines is 2. The molecule has 1 amide bonds. The molecule has 2 N–H and O–H groups in total. The molecule has 5 rings (SSSR count). The number of benzene rings is 3. The molecule has 0 spiro atoms. The molecule has 0 radical (unpaired) electrons. The van der Waals surface area contributed by atoms with Crippen molar-refractivity contribution in [1.29, 1.82) is 0 Å². The van der Waals surface area contributed by atoms with Gasteiger partial charge in [-0.15, -0.1) is 0 Å². The third-order valence-electron chi connectivity index (χ3n) is 5.79.